The normalized spacial score (nSPS) is 17.9. The van der Waals surface area contributed by atoms with Crippen LogP contribution < -0.4 is 0 Å². The zero-order chi connectivity index (χ0) is 14.9. The number of rotatable bonds is 5. The van der Waals surface area contributed by atoms with Gasteiger partial charge in [0.15, 0.2) is 5.78 Å². The van der Waals surface area contributed by atoms with Crippen LogP contribution in [0.1, 0.15) is 44.0 Å². The molecule has 0 aromatic carbocycles. The molecular weight excluding hydrogens is 318 g/mol. The maximum Gasteiger partial charge on any atom is 0.159 e. The average Bonchev–Trinajstić information content (AvgIpc) is 2.99. The molecule has 5 heteroatoms. The van der Waals surface area contributed by atoms with E-state index in [-0.39, 0.29) is 5.54 Å². The lowest BCUT2D eigenvalue weighted by Gasteiger charge is -2.34. The number of aromatic nitrogens is 2. The molecule has 0 N–H and O–H groups in total. The molecule has 0 aliphatic heterocycles. The number of nitrogens with zero attached hydrogens (tertiary/aromatic N) is 3. The van der Waals surface area contributed by atoms with Crippen LogP contribution in [0.2, 0.25) is 0 Å². The molecule has 1 aliphatic carbocycles. The van der Waals surface area contributed by atoms with E-state index in [1.54, 1.807) is 0 Å². The molecule has 0 unspecified atom stereocenters. The molecular formula is C15H24BrN3O. The van der Waals surface area contributed by atoms with Crippen molar-refractivity contribution in [1.82, 2.24) is 14.7 Å². The first kappa shape index (κ1) is 15.7. The highest BCUT2D eigenvalue weighted by Crippen LogP contribution is 2.36. The molecule has 1 saturated carbocycles. The molecule has 0 radical (unpaired) electrons. The number of carbonyl (C=O) groups is 1. The molecule has 0 saturated heterocycles. The minimum absolute atomic E-state index is 0.268. The van der Waals surface area contributed by atoms with Crippen LogP contribution in [0.15, 0.2) is 4.47 Å². The Kier molecular flexibility index (Phi) is 4.69. The van der Waals surface area contributed by atoms with Crippen LogP contribution in [-0.4, -0.2) is 40.1 Å². The van der Waals surface area contributed by atoms with Crippen molar-refractivity contribution >= 4 is 21.7 Å². The third kappa shape index (κ3) is 2.58. The van der Waals surface area contributed by atoms with E-state index in [1.165, 1.54) is 0 Å². The van der Waals surface area contributed by atoms with Gasteiger partial charge in [0.2, 0.25) is 0 Å². The van der Waals surface area contributed by atoms with Crippen LogP contribution in [0.4, 0.5) is 0 Å². The molecule has 1 aromatic rings. The van der Waals surface area contributed by atoms with E-state index in [0.29, 0.717) is 12.2 Å². The fourth-order valence-electron chi connectivity index (χ4n) is 3.26. The van der Waals surface area contributed by atoms with Crippen molar-refractivity contribution in [1.29, 1.82) is 0 Å². The van der Waals surface area contributed by atoms with E-state index < -0.39 is 0 Å². The van der Waals surface area contributed by atoms with Gasteiger partial charge in [-0.1, -0.05) is 19.8 Å². The number of likely N-dealkylation sites (N-methyl/N-ethyl adjacent to an activating group) is 1. The SMILES string of the molecule is CCc1nn(C)c(CC(=O)C2(N(C)C)CCCC2)c1Br. The van der Waals surface area contributed by atoms with Gasteiger partial charge < -0.3 is 0 Å². The summed E-state index contributed by atoms with van der Waals surface area (Å²) < 4.78 is 2.85. The van der Waals surface area contributed by atoms with E-state index in [0.717, 1.165) is 48.0 Å². The number of hydrogen-bond donors (Lipinski definition) is 0. The fourth-order valence-corrected chi connectivity index (χ4v) is 4.02. The second-order valence-electron chi connectivity index (χ2n) is 5.92. The Morgan fingerprint density at radius 3 is 2.45 bits per heavy atom. The first-order valence-corrected chi connectivity index (χ1v) is 8.12. The van der Waals surface area contributed by atoms with Gasteiger partial charge in [-0.05, 0) is 49.3 Å². The third-order valence-electron chi connectivity index (χ3n) is 4.64. The first-order chi connectivity index (χ1) is 9.42. The van der Waals surface area contributed by atoms with Crippen LogP contribution in [0.25, 0.3) is 0 Å². The summed E-state index contributed by atoms with van der Waals surface area (Å²) >= 11 is 3.60. The molecule has 1 fully saturated rings. The fraction of sp³-hybridized carbons (Fsp3) is 0.733. The monoisotopic (exact) mass is 341 g/mol. The minimum Gasteiger partial charge on any atom is -0.297 e. The van der Waals surface area contributed by atoms with Gasteiger partial charge in [0.05, 0.1) is 27.8 Å². The van der Waals surface area contributed by atoms with Crippen molar-refractivity contribution in [3.05, 3.63) is 15.9 Å². The number of halogens is 1. The van der Waals surface area contributed by atoms with Crippen LogP contribution >= 0.6 is 15.9 Å². The van der Waals surface area contributed by atoms with Gasteiger partial charge >= 0.3 is 0 Å². The van der Waals surface area contributed by atoms with Crippen LogP contribution in [0, 0.1) is 0 Å². The van der Waals surface area contributed by atoms with Gasteiger partial charge in [-0.3, -0.25) is 14.4 Å². The van der Waals surface area contributed by atoms with E-state index in [4.69, 9.17) is 0 Å². The summed E-state index contributed by atoms with van der Waals surface area (Å²) in [6.07, 6.45) is 5.60. The van der Waals surface area contributed by atoms with Gasteiger partial charge in [0, 0.05) is 7.05 Å². The lowest BCUT2D eigenvalue weighted by Crippen LogP contribution is -2.49. The number of hydrogen-bond acceptors (Lipinski definition) is 3. The highest BCUT2D eigenvalue weighted by atomic mass is 79.9. The van der Waals surface area contributed by atoms with Gasteiger partial charge in [0.25, 0.3) is 0 Å². The predicted octanol–water partition coefficient (Wildman–Crippen LogP) is 2.73. The Morgan fingerprint density at radius 1 is 1.40 bits per heavy atom. The summed E-state index contributed by atoms with van der Waals surface area (Å²) in [5, 5.41) is 4.48. The van der Waals surface area contributed by atoms with Gasteiger partial charge in [-0.25, -0.2) is 0 Å². The predicted molar refractivity (Wildman–Crippen MR) is 83.9 cm³/mol. The smallest absolute Gasteiger partial charge is 0.159 e. The standard InChI is InChI=1S/C15H24BrN3O/c1-5-11-14(16)12(19(4)17-11)10-13(20)15(18(2)3)8-6-7-9-15/h5-10H2,1-4H3. The molecule has 1 aliphatic rings. The second kappa shape index (κ2) is 5.98. The molecule has 1 aromatic heterocycles. The van der Waals surface area contributed by atoms with Gasteiger partial charge in [-0.2, -0.15) is 5.10 Å². The Hall–Kier alpha value is -0.680. The molecule has 0 atom stereocenters. The van der Waals surface area contributed by atoms with Crippen molar-refractivity contribution < 1.29 is 4.79 Å². The maximum absolute atomic E-state index is 12.9. The zero-order valence-corrected chi connectivity index (χ0v) is 14.5. The van der Waals surface area contributed by atoms with Crippen molar-refractivity contribution in [2.75, 3.05) is 14.1 Å². The summed E-state index contributed by atoms with van der Waals surface area (Å²) in [7, 11) is 5.97. The summed E-state index contributed by atoms with van der Waals surface area (Å²) in [6.45, 7) is 2.08. The lowest BCUT2D eigenvalue weighted by atomic mass is 9.88. The molecule has 112 valence electrons. The summed E-state index contributed by atoms with van der Waals surface area (Å²) in [5.74, 6) is 0.325. The minimum atomic E-state index is -0.268. The van der Waals surface area contributed by atoms with E-state index in [9.17, 15) is 4.79 Å². The molecule has 0 amide bonds. The maximum atomic E-state index is 12.9. The lowest BCUT2D eigenvalue weighted by molar-refractivity contribution is -0.129. The number of aryl methyl sites for hydroxylation is 2. The first-order valence-electron chi connectivity index (χ1n) is 7.33. The molecule has 0 bridgehead atoms. The Bertz CT molecular complexity index is 501. The highest BCUT2D eigenvalue weighted by molar-refractivity contribution is 9.10. The largest absolute Gasteiger partial charge is 0.297 e. The van der Waals surface area contributed by atoms with E-state index >= 15 is 0 Å². The quantitative estimate of drug-likeness (QED) is 0.826. The highest BCUT2D eigenvalue weighted by Gasteiger charge is 2.42. The summed E-state index contributed by atoms with van der Waals surface area (Å²) in [6, 6.07) is 0. The number of carbonyl (C=O) groups excluding carboxylic acids is 1. The molecule has 2 rings (SSSR count). The number of Topliss-reactive ketones (excluding diaryl/α,β-unsaturated/α-hetero) is 1. The van der Waals surface area contributed by atoms with Crippen molar-refractivity contribution in [2.45, 2.75) is 51.0 Å². The number of ketones is 1. The van der Waals surface area contributed by atoms with Crippen LogP contribution in [0.3, 0.4) is 0 Å². The Morgan fingerprint density at radius 2 is 2.00 bits per heavy atom. The Labute approximate surface area is 129 Å². The summed E-state index contributed by atoms with van der Waals surface area (Å²) in [5.41, 5.74) is 1.76. The third-order valence-corrected chi connectivity index (χ3v) is 5.55. The van der Waals surface area contributed by atoms with Crippen molar-refractivity contribution in [2.24, 2.45) is 7.05 Å². The summed E-state index contributed by atoms with van der Waals surface area (Å²) in [4.78, 5) is 15.0. The zero-order valence-electron chi connectivity index (χ0n) is 12.9. The van der Waals surface area contributed by atoms with Crippen molar-refractivity contribution in [3.63, 3.8) is 0 Å². The molecule has 1 heterocycles. The van der Waals surface area contributed by atoms with Gasteiger partial charge in [-0.15, -0.1) is 0 Å². The van der Waals surface area contributed by atoms with Gasteiger partial charge in [0.1, 0.15) is 0 Å². The van der Waals surface area contributed by atoms with Crippen LogP contribution in [0.5, 0.6) is 0 Å². The van der Waals surface area contributed by atoms with E-state index in [2.05, 4.69) is 32.9 Å². The second-order valence-corrected chi connectivity index (χ2v) is 6.71. The topological polar surface area (TPSA) is 38.1 Å². The molecule has 0 spiro atoms. The molecule has 4 nitrogen and oxygen atoms in total. The van der Waals surface area contributed by atoms with Crippen LogP contribution in [-0.2, 0) is 24.7 Å². The van der Waals surface area contributed by atoms with Crippen molar-refractivity contribution in [3.8, 4) is 0 Å². The Balaban J connectivity index is 2.25. The molecule has 20 heavy (non-hydrogen) atoms. The van der Waals surface area contributed by atoms with E-state index in [1.807, 2.05) is 25.8 Å². The average molecular weight is 342 g/mol.